The number of urea groups is 1. The Labute approximate surface area is 90.8 Å². The Bertz CT molecular complexity index is 416. The van der Waals surface area contributed by atoms with E-state index in [4.69, 9.17) is 5.11 Å². The summed E-state index contributed by atoms with van der Waals surface area (Å²) < 4.78 is 1.41. The van der Waals surface area contributed by atoms with Crippen molar-refractivity contribution >= 4 is 12.0 Å². The molecule has 2 rings (SSSR count). The van der Waals surface area contributed by atoms with Crippen LogP contribution in [0.25, 0.3) is 0 Å². The zero-order chi connectivity index (χ0) is 11.5. The smallest absolute Gasteiger partial charge is 0.358 e. The van der Waals surface area contributed by atoms with Gasteiger partial charge in [0.05, 0.1) is 12.7 Å². The minimum atomic E-state index is -1.11. The van der Waals surface area contributed by atoms with Gasteiger partial charge in [-0.05, 0) is 0 Å². The van der Waals surface area contributed by atoms with Crippen LogP contribution in [0, 0.1) is 0 Å². The number of hydrogen-bond acceptors (Lipinski definition) is 4. The van der Waals surface area contributed by atoms with Crippen LogP contribution in [0.15, 0.2) is 6.20 Å². The van der Waals surface area contributed by atoms with Crippen LogP contribution in [0.2, 0.25) is 0 Å². The zero-order valence-electron chi connectivity index (χ0n) is 8.46. The first-order chi connectivity index (χ1) is 7.66. The molecule has 0 radical (unpaired) electrons. The molecule has 0 aromatic carbocycles. The summed E-state index contributed by atoms with van der Waals surface area (Å²) in [6.07, 6.45) is 1.34. The van der Waals surface area contributed by atoms with Gasteiger partial charge in [-0.25, -0.2) is 14.3 Å². The predicted octanol–water partition coefficient (Wildman–Crippen LogP) is -0.998. The molecule has 0 spiro atoms. The van der Waals surface area contributed by atoms with Crippen molar-refractivity contribution in [3.05, 3.63) is 11.9 Å². The molecule has 0 atom stereocenters. The molecule has 2 heterocycles. The van der Waals surface area contributed by atoms with Crippen LogP contribution in [0.4, 0.5) is 4.79 Å². The summed E-state index contributed by atoms with van der Waals surface area (Å²) in [7, 11) is 0. The average molecular weight is 225 g/mol. The minimum absolute atomic E-state index is 0.0918. The summed E-state index contributed by atoms with van der Waals surface area (Å²) >= 11 is 0. The Balaban J connectivity index is 1.89. The standard InChI is InChI=1S/C8H11N5O3/c14-7(15)6-5-13(11-10-6)4-3-12-2-1-9-8(12)16/h5H,1-4H2,(H,9,16)(H,14,15). The summed E-state index contributed by atoms with van der Waals surface area (Å²) in [4.78, 5) is 23.4. The van der Waals surface area contributed by atoms with Crippen molar-refractivity contribution in [2.75, 3.05) is 19.6 Å². The number of nitrogens with one attached hydrogen (secondary N) is 1. The van der Waals surface area contributed by atoms with Gasteiger partial charge in [0, 0.05) is 19.6 Å². The number of carbonyl (C=O) groups excluding carboxylic acids is 1. The maximum atomic E-state index is 11.2. The van der Waals surface area contributed by atoms with Crippen LogP contribution in [0.3, 0.4) is 0 Å². The molecule has 2 N–H and O–H groups in total. The topological polar surface area (TPSA) is 100 Å². The van der Waals surface area contributed by atoms with Crippen molar-refractivity contribution in [1.82, 2.24) is 25.2 Å². The van der Waals surface area contributed by atoms with E-state index in [1.807, 2.05) is 0 Å². The van der Waals surface area contributed by atoms with Gasteiger partial charge in [0.15, 0.2) is 5.69 Å². The Morgan fingerprint density at radius 1 is 1.56 bits per heavy atom. The maximum absolute atomic E-state index is 11.2. The third-order valence-electron chi connectivity index (χ3n) is 2.30. The van der Waals surface area contributed by atoms with Crippen LogP contribution in [-0.2, 0) is 6.54 Å². The summed E-state index contributed by atoms with van der Waals surface area (Å²) in [6.45, 7) is 2.25. The number of rotatable bonds is 4. The second-order valence-corrected chi connectivity index (χ2v) is 3.39. The van der Waals surface area contributed by atoms with Crippen molar-refractivity contribution in [3.8, 4) is 0 Å². The first-order valence-corrected chi connectivity index (χ1v) is 4.83. The number of aromatic nitrogens is 3. The minimum Gasteiger partial charge on any atom is -0.476 e. The van der Waals surface area contributed by atoms with Gasteiger partial charge in [0.2, 0.25) is 0 Å². The summed E-state index contributed by atoms with van der Waals surface area (Å²) in [6, 6.07) is -0.0985. The molecule has 0 saturated carbocycles. The van der Waals surface area contributed by atoms with Crippen LogP contribution in [0.5, 0.6) is 0 Å². The molecule has 86 valence electrons. The molecule has 1 fully saturated rings. The molecule has 1 aromatic rings. The van der Waals surface area contributed by atoms with E-state index in [0.29, 0.717) is 26.2 Å². The highest BCUT2D eigenvalue weighted by atomic mass is 16.4. The van der Waals surface area contributed by atoms with E-state index in [9.17, 15) is 9.59 Å². The van der Waals surface area contributed by atoms with E-state index < -0.39 is 5.97 Å². The quantitative estimate of drug-likeness (QED) is 0.684. The molecule has 1 saturated heterocycles. The fourth-order valence-corrected chi connectivity index (χ4v) is 1.45. The van der Waals surface area contributed by atoms with Crippen LogP contribution < -0.4 is 5.32 Å². The summed E-state index contributed by atoms with van der Waals surface area (Å²) in [5, 5.41) is 18.4. The normalized spacial score (nSPS) is 15.2. The van der Waals surface area contributed by atoms with E-state index in [1.165, 1.54) is 10.9 Å². The number of hydrogen-bond donors (Lipinski definition) is 2. The van der Waals surface area contributed by atoms with E-state index in [1.54, 1.807) is 4.90 Å². The number of carbonyl (C=O) groups is 2. The molecule has 8 heteroatoms. The molecule has 0 bridgehead atoms. The average Bonchev–Trinajstić information content (AvgIpc) is 2.83. The predicted molar refractivity (Wildman–Crippen MR) is 52.0 cm³/mol. The van der Waals surface area contributed by atoms with Crippen molar-refractivity contribution in [3.63, 3.8) is 0 Å². The highest BCUT2D eigenvalue weighted by Gasteiger charge is 2.19. The summed E-state index contributed by atoms with van der Waals surface area (Å²) in [5.74, 6) is -1.11. The second-order valence-electron chi connectivity index (χ2n) is 3.39. The van der Waals surface area contributed by atoms with Crippen molar-refractivity contribution < 1.29 is 14.7 Å². The lowest BCUT2D eigenvalue weighted by Crippen LogP contribution is -2.31. The third kappa shape index (κ3) is 2.10. The van der Waals surface area contributed by atoms with Crippen LogP contribution in [-0.4, -0.2) is 56.6 Å². The van der Waals surface area contributed by atoms with Crippen molar-refractivity contribution in [1.29, 1.82) is 0 Å². The highest BCUT2D eigenvalue weighted by Crippen LogP contribution is 1.98. The SMILES string of the molecule is O=C(O)c1cn(CCN2CCNC2=O)nn1. The fraction of sp³-hybridized carbons (Fsp3) is 0.500. The molecular formula is C8H11N5O3. The zero-order valence-corrected chi connectivity index (χ0v) is 8.46. The number of carboxylic acid groups (broad SMARTS) is 1. The molecule has 1 aromatic heterocycles. The molecule has 1 aliphatic heterocycles. The van der Waals surface area contributed by atoms with Crippen molar-refractivity contribution in [2.24, 2.45) is 0 Å². The van der Waals surface area contributed by atoms with Crippen LogP contribution >= 0.6 is 0 Å². The molecule has 16 heavy (non-hydrogen) atoms. The van der Waals surface area contributed by atoms with Crippen LogP contribution in [0.1, 0.15) is 10.5 Å². The number of aromatic carboxylic acids is 1. The monoisotopic (exact) mass is 225 g/mol. The maximum Gasteiger partial charge on any atom is 0.358 e. The van der Waals surface area contributed by atoms with E-state index >= 15 is 0 Å². The van der Waals surface area contributed by atoms with Gasteiger partial charge in [-0.15, -0.1) is 5.10 Å². The lowest BCUT2D eigenvalue weighted by molar-refractivity contribution is 0.0690. The van der Waals surface area contributed by atoms with Gasteiger partial charge in [-0.1, -0.05) is 5.21 Å². The number of amides is 2. The van der Waals surface area contributed by atoms with Gasteiger partial charge in [-0.3, -0.25) is 0 Å². The molecular weight excluding hydrogens is 214 g/mol. The second kappa shape index (κ2) is 4.17. The van der Waals surface area contributed by atoms with E-state index in [0.717, 1.165) is 0 Å². The van der Waals surface area contributed by atoms with E-state index in [-0.39, 0.29) is 11.7 Å². The lowest BCUT2D eigenvalue weighted by atomic mass is 10.5. The molecule has 0 aliphatic carbocycles. The molecule has 2 amide bonds. The van der Waals surface area contributed by atoms with E-state index in [2.05, 4.69) is 15.6 Å². The Hall–Kier alpha value is -2.12. The molecule has 0 unspecified atom stereocenters. The van der Waals surface area contributed by atoms with Gasteiger partial charge < -0.3 is 15.3 Å². The van der Waals surface area contributed by atoms with Gasteiger partial charge >= 0.3 is 12.0 Å². The largest absolute Gasteiger partial charge is 0.476 e. The first-order valence-electron chi connectivity index (χ1n) is 4.83. The number of carboxylic acids is 1. The Kier molecular flexibility index (Phi) is 2.71. The lowest BCUT2D eigenvalue weighted by Gasteiger charge is -2.12. The first kappa shape index (κ1) is 10.4. The molecule has 1 aliphatic rings. The van der Waals surface area contributed by atoms with Crippen molar-refractivity contribution in [2.45, 2.75) is 6.54 Å². The van der Waals surface area contributed by atoms with Gasteiger partial charge in [0.25, 0.3) is 0 Å². The Morgan fingerprint density at radius 3 is 2.94 bits per heavy atom. The Morgan fingerprint density at radius 2 is 2.38 bits per heavy atom. The summed E-state index contributed by atoms with van der Waals surface area (Å²) in [5.41, 5.74) is -0.0918. The fourth-order valence-electron chi connectivity index (χ4n) is 1.45. The van der Waals surface area contributed by atoms with Gasteiger partial charge in [-0.2, -0.15) is 0 Å². The van der Waals surface area contributed by atoms with Gasteiger partial charge in [0.1, 0.15) is 0 Å². The number of nitrogens with zero attached hydrogens (tertiary/aromatic N) is 4. The highest BCUT2D eigenvalue weighted by molar-refractivity contribution is 5.84. The molecule has 8 nitrogen and oxygen atoms in total. The third-order valence-corrected chi connectivity index (χ3v) is 2.30.